The van der Waals surface area contributed by atoms with Gasteiger partial charge in [0.15, 0.2) is 0 Å². The van der Waals surface area contributed by atoms with E-state index in [4.69, 9.17) is 4.74 Å². The van der Waals surface area contributed by atoms with Gasteiger partial charge in [-0.25, -0.2) is 0 Å². The smallest absolute Gasteiger partial charge is 0.124 e. The van der Waals surface area contributed by atoms with Crippen LogP contribution in [0.5, 0.6) is 0 Å². The van der Waals surface area contributed by atoms with Crippen LogP contribution in [0.4, 0.5) is 0 Å². The summed E-state index contributed by atoms with van der Waals surface area (Å²) < 4.78 is 6.39. The van der Waals surface area contributed by atoms with Crippen molar-refractivity contribution < 1.29 is 9.84 Å². The summed E-state index contributed by atoms with van der Waals surface area (Å²) in [7, 11) is 0. The zero-order valence-electron chi connectivity index (χ0n) is 6.42. The van der Waals surface area contributed by atoms with Gasteiger partial charge in [0.1, 0.15) is 5.60 Å². The molecule has 0 saturated carbocycles. The molecule has 1 aliphatic heterocycles. The zero-order chi connectivity index (χ0) is 8.60. The Morgan fingerprint density at radius 1 is 1.58 bits per heavy atom. The lowest BCUT2D eigenvalue weighted by atomic mass is 10.0. The molecule has 1 N–H and O–H groups in total. The Balaban J connectivity index is 2.28. The molecular formula is C8H9IO2S. The first-order valence-electron chi connectivity index (χ1n) is 3.77. The van der Waals surface area contributed by atoms with E-state index in [0.29, 0.717) is 13.2 Å². The second-order valence-corrected chi connectivity index (χ2v) is 5.92. The summed E-state index contributed by atoms with van der Waals surface area (Å²) >= 11 is 3.90. The van der Waals surface area contributed by atoms with Gasteiger partial charge in [-0.1, -0.05) is 0 Å². The minimum atomic E-state index is -0.700. The van der Waals surface area contributed by atoms with E-state index in [0.717, 1.165) is 11.3 Å². The minimum Gasteiger partial charge on any atom is -0.382 e. The lowest BCUT2D eigenvalue weighted by Crippen LogP contribution is -2.23. The van der Waals surface area contributed by atoms with E-state index in [1.54, 1.807) is 11.3 Å². The molecule has 0 aliphatic carbocycles. The molecule has 0 radical (unpaired) electrons. The number of ether oxygens (including phenoxy) is 1. The molecule has 1 atom stereocenters. The van der Waals surface area contributed by atoms with Crippen molar-refractivity contribution >= 4 is 33.9 Å². The first-order valence-corrected chi connectivity index (χ1v) is 5.66. The third-order valence-electron chi connectivity index (χ3n) is 2.03. The molecule has 2 heterocycles. The fourth-order valence-corrected chi connectivity index (χ4v) is 3.04. The fraction of sp³-hybridized carbons (Fsp3) is 0.500. The molecule has 1 aliphatic rings. The molecule has 1 saturated heterocycles. The summed E-state index contributed by atoms with van der Waals surface area (Å²) in [5.74, 6) is 0. The molecule has 4 heteroatoms. The van der Waals surface area contributed by atoms with Gasteiger partial charge in [-0.3, -0.25) is 0 Å². The highest BCUT2D eigenvalue weighted by molar-refractivity contribution is 14.1. The Hall–Kier alpha value is 0.350. The van der Waals surface area contributed by atoms with Crippen molar-refractivity contribution in [3.05, 3.63) is 19.9 Å². The molecule has 0 aromatic carbocycles. The second kappa shape index (κ2) is 3.25. The van der Waals surface area contributed by atoms with Crippen LogP contribution in [0.15, 0.2) is 12.1 Å². The van der Waals surface area contributed by atoms with Crippen LogP contribution in [0, 0.1) is 2.88 Å². The Morgan fingerprint density at radius 3 is 2.92 bits per heavy atom. The van der Waals surface area contributed by atoms with Crippen molar-refractivity contribution in [2.24, 2.45) is 0 Å². The van der Waals surface area contributed by atoms with Crippen LogP contribution < -0.4 is 0 Å². The largest absolute Gasteiger partial charge is 0.382 e. The number of rotatable bonds is 1. The molecule has 1 fully saturated rings. The van der Waals surface area contributed by atoms with E-state index >= 15 is 0 Å². The Bertz CT molecular complexity index is 278. The standard InChI is InChI=1S/C8H9IO2S/c9-7-2-1-6(12-7)8(10)3-4-11-5-8/h1-2,10H,3-5H2. The summed E-state index contributed by atoms with van der Waals surface area (Å²) in [4.78, 5) is 1.03. The van der Waals surface area contributed by atoms with E-state index in [-0.39, 0.29) is 0 Å². The minimum absolute atomic E-state index is 0.448. The SMILES string of the molecule is OC1(c2ccc(I)s2)CCOC1. The first kappa shape index (κ1) is 8.93. The topological polar surface area (TPSA) is 29.5 Å². The fourth-order valence-electron chi connectivity index (χ4n) is 1.31. The van der Waals surface area contributed by atoms with Crippen molar-refractivity contribution in [3.8, 4) is 0 Å². The molecule has 66 valence electrons. The van der Waals surface area contributed by atoms with Crippen LogP contribution in [-0.2, 0) is 10.3 Å². The Kier molecular flexibility index (Phi) is 2.42. The van der Waals surface area contributed by atoms with Crippen molar-refractivity contribution in [3.63, 3.8) is 0 Å². The van der Waals surface area contributed by atoms with E-state index < -0.39 is 5.60 Å². The molecule has 1 unspecified atom stereocenters. The van der Waals surface area contributed by atoms with Gasteiger partial charge in [-0.05, 0) is 34.7 Å². The molecule has 0 amide bonds. The number of aliphatic hydroxyl groups is 1. The highest BCUT2D eigenvalue weighted by Crippen LogP contribution is 2.35. The van der Waals surface area contributed by atoms with E-state index in [9.17, 15) is 5.11 Å². The third kappa shape index (κ3) is 1.53. The second-order valence-electron chi connectivity index (χ2n) is 2.94. The van der Waals surface area contributed by atoms with Gasteiger partial charge in [0.25, 0.3) is 0 Å². The van der Waals surface area contributed by atoms with E-state index in [1.165, 1.54) is 2.88 Å². The predicted octanol–water partition coefficient (Wildman–Crippen LogP) is 1.96. The monoisotopic (exact) mass is 296 g/mol. The predicted molar refractivity (Wildman–Crippen MR) is 56.4 cm³/mol. The van der Waals surface area contributed by atoms with E-state index in [2.05, 4.69) is 22.6 Å². The van der Waals surface area contributed by atoms with Crippen LogP contribution in [0.25, 0.3) is 0 Å². The number of thiophene rings is 1. The lowest BCUT2D eigenvalue weighted by molar-refractivity contribution is 0.0264. The molecule has 1 aromatic rings. The maximum absolute atomic E-state index is 10.1. The lowest BCUT2D eigenvalue weighted by Gasteiger charge is -2.17. The zero-order valence-corrected chi connectivity index (χ0v) is 9.39. The van der Waals surface area contributed by atoms with Gasteiger partial charge < -0.3 is 9.84 Å². The van der Waals surface area contributed by atoms with Crippen LogP contribution in [-0.4, -0.2) is 18.3 Å². The summed E-state index contributed by atoms with van der Waals surface area (Å²) in [5.41, 5.74) is -0.700. The average molecular weight is 296 g/mol. The van der Waals surface area contributed by atoms with Gasteiger partial charge in [-0.2, -0.15) is 0 Å². The summed E-state index contributed by atoms with van der Waals surface area (Å²) in [5, 5.41) is 10.1. The van der Waals surface area contributed by atoms with Gasteiger partial charge in [0.05, 0.1) is 9.49 Å². The number of halogens is 1. The van der Waals surface area contributed by atoms with Crippen molar-refractivity contribution in [1.29, 1.82) is 0 Å². The molecule has 1 aromatic heterocycles. The highest BCUT2D eigenvalue weighted by atomic mass is 127. The Labute approximate surface area is 88.7 Å². The average Bonchev–Trinajstić information content (AvgIpc) is 2.59. The van der Waals surface area contributed by atoms with E-state index in [1.807, 2.05) is 12.1 Å². The van der Waals surface area contributed by atoms with Gasteiger partial charge >= 0.3 is 0 Å². The molecule has 12 heavy (non-hydrogen) atoms. The summed E-state index contributed by atoms with van der Waals surface area (Å²) in [6.45, 7) is 1.12. The quantitative estimate of drug-likeness (QED) is 0.803. The van der Waals surface area contributed by atoms with Crippen LogP contribution in [0.2, 0.25) is 0 Å². The first-order chi connectivity index (χ1) is 5.71. The van der Waals surface area contributed by atoms with Crippen molar-refractivity contribution in [2.45, 2.75) is 12.0 Å². The normalized spacial score (nSPS) is 29.5. The molecule has 2 rings (SSSR count). The highest BCUT2D eigenvalue weighted by Gasteiger charge is 2.35. The molecule has 2 nitrogen and oxygen atoms in total. The number of hydrogen-bond acceptors (Lipinski definition) is 3. The summed E-state index contributed by atoms with van der Waals surface area (Å²) in [6.07, 6.45) is 0.726. The van der Waals surface area contributed by atoms with Crippen molar-refractivity contribution in [1.82, 2.24) is 0 Å². The maximum atomic E-state index is 10.1. The van der Waals surface area contributed by atoms with Crippen LogP contribution in [0.1, 0.15) is 11.3 Å². The van der Waals surface area contributed by atoms with Gasteiger partial charge in [0.2, 0.25) is 0 Å². The molecule has 0 bridgehead atoms. The summed E-state index contributed by atoms with van der Waals surface area (Å²) in [6, 6.07) is 4.01. The Morgan fingerprint density at radius 2 is 2.42 bits per heavy atom. The van der Waals surface area contributed by atoms with Crippen LogP contribution >= 0.6 is 33.9 Å². The maximum Gasteiger partial charge on any atom is 0.124 e. The molecule has 0 spiro atoms. The van der Waals surface area contributed by atoms with Gasteiger partial charge in [-0.15, -0.1) is 11.3 Å². The molecular weight excluding hydrogens is 287 g/mol. The van der Waals surface area contributed by atoms with Crippen molar-refractivity contribution in [2.75, 3.05) is 13.2 Å². The third-order valence-corrected chi connectivity index (χ3v) is 4.12. The van der Waals surface area contributed by atoms with Gasteiger partial charge in [0, 0.05) is 17.9 Å². The number of hydrogen-bond donors (Lipinski definition) is 1. The van der Waals surface area contributed by atoms with Crippen LogP contribution in [0.3, 0.4) is 0 Å².